The van der Waals surface area contributed by atoms with Crippen LogP contribution < -0.4 is 5.32 Å². The molecule has 0 bridgehead atoms. The average molecular weight is 296 g/mol. The van der Waals surface area contributed by atoms with E-state index in [1.807, 2.05) is 23.6 Å². The number of hydrogen-bond donors (Lipinski definition) is 1. The zero-order valence-corrected chi connectivity index (χ0v) is 13.2. The van der Waals surface area contributed by atoms with Crippen molar-refractivity contribution in [2.75, 3.05) is 19.3 Å². The van der Waals surface area contributed by atoms with E-state index in [2.05, 4.69) is 11.6 Å². The second kappa shape index (κ2) is 4.93. The van der Waals surface area contributed by atoms with Gasteiger partial charge in [0.15, 0.2) is 0 Å². The topological polar surface area (TPSA) is 49.4 Å². The average Bonchev–Trinajstić information content (AvgIpc) is 3.20. The molecule has 112 valence electrons. The Kier molecular flexibility index (Phi) is 3.51. The lowest BCUT2D eigenvalue weighted by Gasteiger charge is -2.45. The fourth-order valence-corrected chi connectivity index (χ4v) is 4.49. The van der Waals surface area contributed by atoms with Crippen molar-refractivity contribution in [2.24, 2.45) is 5.92 Å². The smallest absolute Gasteiger partial charge is 0.248 e. The second-order valence-corrected chi connectivity index (χ2v) is 8.02. The third-order valence-electron chi connectivity index (χ3n) is 5.31. The first-order valence-corrected chi connectivity index (χ1v) is 8.87. The normalized spacial score (nSPS) is 33.4. The summed E-state index contributed by atoms with van der Waals surface area (Å²) in [6.07, 6.45) is 8.36. The Morgan fingerprint density at radius 2 is 2.05 bits per heavy atom. The maximum absolute atomic E-state index is 12.9. The van der Waals surface area contributed by atoms with Gasteiger partial charge in [-0.1, -0.05) is 6.42 Å². The molecule has 1 N–H and O–H groups in total. The van der Waals surface area contributed by atoms with Crippen LogP contribution in [0.2, 0.25) is 0 Å². The van der Waals surface area contributed by atoms with Gasteiger partial charge in [0.2, 0.25) is 11.8 Å². The fourth-order valence-electron chi connectivity index (χ4n) is 3.51. The van der Waals surface area contributed by atoms with Crippen molar-refractivity contribution in [3.05, 3.63) is 0 Å². The summed E-state index contributed by atoms with van der Waals surface area (Å²) in [4.78, 5) is 26.8. The first-order valence-electron chi connectivity index (χ1n) is 7.65. The van der Waals surface area contributed by atoms with Gasteiger partial charge in [-0.15, -0.1) is 0 Å². The van der Waals surface area contributed by atoms with E-state index in [4.69, 9.17) is 0 Å². The summed E-state index contributed by atoms with van der Waals surface area (Å²) < 4.78 is 0.244. The van der Waals surface area contributed by atoms with Crippen molar-refractivity contribution in [1.29, 1.82) is 0 Å². The van der Waals surface area contributed by atoms with Crippen LogP contribution in [0.25, 0.3) is 0 Å². The van der Waals surface area contributed by atoms with Gasteiger partial charge in [-0.25, -0.2) is 0 Å². The van der Waals surface area contributed by atoms with E-state index >= 15 is 0 Å². The molecule has 2 amide bonds. The predicted molar refractivity (Wildman–Crippen MR) is 80.6 cm³/mol. The van der Waals surface area contributed by atoms with Gasteiger partial charge in [-0.05, 0) is 44.8 Å². The molecule has 1 unspecified atom stereocenters. The summed E-state index contributed by atoms with van der Waals surface area (Å²) >= 11 is 1.89. The van der Waals surface area contributed by atoms with E-state index in [0.29, 0.717) is 18.9 Å². The zero-order chi connectivity index (χ0) is 14.4. The number of carbonyl (C=O) groups is 2. The molecule has 0 radical (unpaired) electrons. The van der Waals surface area contributed by atoms with E-state index < -0.39 is 5.54 Å². The zero-order valence-electron chi connectivity index (χ0n) is 12.4. The SMILES string of the molecule is CSC1(CN2CCC(=O)NC(C)(C3CC3)C2=O)CCC1. The summed E-state index contributed by atoms with van der Waals surface area (Å²) in [5, 5.41) is 3.00. The van der Waals surface area contributed by atoms with Crippen molar-refractivity contribution in [2.45, 2.75) is 55.7 Å². The molecule has 3 rings (SSSR count). The molecule has 4 nitrogen and oxygen atoms in total. The third-order valence-corrected chi connectivity index (χ3v) is 6.71. The van der Waals surface area contributed by atoms with E-state index in [-0.39, 0.29) is 16.6 Å². The summed E-state index contributed by atoms with van der Waals surface area (Å²) in [5.74, 6) is 0.513. The Labute approximate surface area is 125 Å². The Morgan fingerprint density at radius 3 is 2.55 bits per heavy atom. The largest absolute Gasteiger partial charge is 0.342 e. The predicted octanol–water partition coefficient (Wildman–Crippen LogP) is 1.79. The van der Waals surface area contributed by atoms with E-state index in [9.17, 15) is 9.59 Å². The number of rotatable bonds is 4. The molecule has 2 aliphatic carbocycles. The highest BCUT2D eigenvalue weighted by Gasteiger charge is 2.52. The maximum Gasteiger partial charge on any atom is 0.248 e. The minimum atomic E-state index is -0.656. The minimum Gasteiger partial charge on any atom is -0.342 e. The first-order chi connectivity index (χ1) is 9.49. The molecular weight excluding hydrogens is 272 g/mol. The Morgan fingerprint density at radius 1 is 1.35 bits per heavy atom. The van der Waals surface area contributed by atoms with Crippen LogP contribution in [0.3, 0.4) is 0 Å². The van der Waals surface area contributed by atoms with Gasteiger partial charge in [-0.3, -0.25) is 9.59 Å². The molecule has 3 fully saturated rings. The molecule has 1 atom stereocenters. The molecule has 1 aliphatic heterocycles. The van der Waals surface area contributed by atoms with Crippen LogP contribution in [0.15, 0.2) is 0 Å². The van der Waals surface area contributed by atoms with Gasteiger partial charge in [0, 0.05) is 24.3 Å². The summed E-state index contributed by atoms with van der Waals surface area (Å²) in [7, 11) is 0. The van der Waals surface area contributed by atoms with Crippen LogP contribution in [-0.4, -0.2) is 46.3 Å². The number of carbonyl (C=O) groups excluding carboxylic acids is 2. The molecule has 0 aromatic rings. The monoisotopic (exact) mass is 296 g/mol. The quantitative estimate of drug-likeness (QED) is 0.860. The number of nitrogens with one attached hydrogen (secondary N) is 1. The van der Waals surface area contributed by atoms with Gasteiger partial charge >= 0.3 is 0 Å². The van der Waals surface area contributed by atoms with Crippen molar-refractivity contribution >= 4 is 23.6 Å². The maximum atomic E-state index is 12.9. The first kappa shape index (κ1) is 14.2. The van der Waals surface area contributed by atoms with Crippen LogP contribution >= 0.6 is 11.8 Å². The summed E-state index contributed by atoms with van der Waals surface area (Å²) in [6.45, 7) is 3.31. The molecule has 5 heteroatoms. The van der Waals surface area contributed by atoms with Crippen molar-refractivity contribution in [3.8, 4) is 0 Å². The highest BCUT2D eigenvalue weighted by atomic mass is 32.2. The number of amides is 2. The molecule has 0 aromatic carbocycles. The minimum absolute atomic E-state index is 0.0297. The number of nitrogens with zero attached hydrogens (tertiary/aromatic N) is 1. The fraction of sp³-hybridized carbons (Fsp3) is 0.867. The lowest BCUT2D eigenvalue weighted by molar-refractivity contribution is -0.139. The standard InChI is InChI=1S/C15H24N2O2S/c1-14(11-4-5-11)13(19)17(9-6-12(18)16-14)10-15(20-2)7-3-8-15/h11H,3-10H2,1-2H3,(H,16,18). The molecular formula is C15H24N2O2S. The Bertz CT molecular complexity index is 426. The number of thioether (sulfide) groups is 1. The molecule has 3 aliphatic rings. The van der Waals surface area contributed by atoms with Gasteiger partial charge in [0.05, 0.1) is 0 Å². The highest BCUT2D eigenvalue weighted by molar-refractivity contribution is 8.00. The second-order valence-electron chi connectivity index (χ2n) is 6.74. The van der Waals surface area contributed by atoms with Crippen LogP contribution in [0.1, 0.15) is 45.4 Å². The van der Waals surface area contributed by atoms with E-state index in [1.165, 1.54) is 19.3 Å². The molecule has 20 heavy (non-hydrogen) atoms. The molecule has 1 saturated heterocycles. The van der Waals surface area contributed by atoms with Crippen LogP contribution in [-0.2, 0) is 9.59 Å². The van der Waals surface area contributed by atoms with Crippen molar-refractivity contribution < 1.29 is 9.59 Å². The Hall–Kier alpha value is -0.710. The molecule has 0 aromatic heterocycles. The van der Waals surface area contributed by atoms with Crippen LogP contribution in [0.4, 0.5) is 0 Å². The van der Waals surface area contributed by atoms with Crippen molar-refractivity contribution in [1.82, 2.24) is 10.2 Å². The van der Waals surface area contributed by atoms with Crippen molar-refractivity contribution in [3.63, 3.8) is 0 Å². The van der Waals surface area contributed by atoms with E-state index in [0.717, 1.165) is 19.4 Å². The molecule has 0 spiro atoms. The summed E-state index contributed by atoms with van der Waals surface area (Å²) in [6, 6.07) is 0. The van der Waals surface area contributed by atoms with Gasteiger partial charge in [0.1, 0.15) is 5.54 Å². The van der Waals surface area contributed by atoms with Crippen LogP contribution in [0, 0.1) is 5.92 Å². The van der Waals surface area contributed by atoms with Crippen LogP contribution in [0.5, 0.6) is 0 Å². The van der Waals surface area contributed by atoms with Gasteiger partial charge in [-0.2, -0.15) is 11.8 Å². The number of hydrogen-bond acceptors (Lipinski definition) is 3. The van der Waals surface area contributed by atoms with Gasteiger partial charge < -0.3 is 10.2 Å². The molecule has 1 heterocycles. The Balaban J connectivity index is 1.79. The lowest BCUT2D eigenvalue weighted by atomic mass is 9.83. The van der Waals surface area contributed by atoms with Gasteiger partial charge in [0.25, 0.3) is 0 Å². The van der Waals surface area contributed by atoms with E-state index in [1.54, 1.807) is 0 Å². The third kappa shape index (κ3) is 2.34. The molecule has 2 saturated carbocycles. The lowest BCUT2D eigenvalue weighted by Crippen LogP contribution is -2.59. The highest BCUT2D eigenvalue weighted by Crippen LogP contribution is 2.45. The summed E-state index contributed by atoms with van der Waals surface area (Å²) in [5.41, 5.74) is -0.656.